The second kappa shape index (κ2) is 5.63. The maximum absolute atomic E-state index is 12.7. The highest BCUT2D eigenvalue weighted by Crippen LogP contribution is 2.34. The van der Waals surface area contributed by atoms with Crippen LogP contribution in [-0.2, 0) is 6.18 Å². The minimum Gasteiger partial charge on any atom is -0.255 e. The van der Waals surface area contributed by atoms with Crippen LogP contribution in [0.15, 0.2) is 47.5 Å². The molecule has 0 atom stereocenters. The zero-order chi connectivity index (χ0) is 14.8. The molecule has 20 heavy (non-hydrogen) atoms. The predicted octanol–water partition coefficient (Wildman–Crippen LogP) is 5.25. The molecule has 0 radical (unpaired) electrons. The van der Waals surface area contributed by atoms with Crippen LogP contribution in [0.2, 0.25) is 5.02 Å². The van der Waals surface area contributed by atoms with Gasteiger partial charge in [0.2, 0.25) is 0 Å². The van der Waals surface area contributed by atoms with Crippen molar-refractivity contribution in [3.05, 3.63) is 64.4 Å². The van der Waals surface area contributed by atoms with E-state index in [1.807, 2.05) is 0 Å². The maximum Gasteiger partial charge on any atom is 0.416 e. The fraction of sp³-hybridized carbons (Fsp3) is 0.0714. The lowest BCUT2D eigenvalue weighted by Gasteiger charge is -2.07. The summed E-state index contributed by atoms with van der Waals surface area (Å²) in [5.74, 6) is -0.403. The molecule has 0 saturated carbocycles. The van der Waals surface area contributed by atoms with Gasteiger partial charge in [0.1, 0.15) is 5.82 Å². The molecule has 1 nitrogen and oxygen atoms in total. The van der Waals surface area contributed by atoms with Gasteiger partial charge in [-0.2, -0.15) is 13.2 Å². The highest BCUT2D eigenvalue weighted by Gasteiger charge is 2.30. The fourth-order valence-corrected chi connectivity index (χ4v) is 1.65. The van der Waals surface area contributed by atoms with Gasteiger partial charge in [0.15, 0.2) is 0 Å². The van der Waals surface area contributed by atoms with Crippen LogP contribution in [0, 0.1) is 5.82 Å². The van der Waals surface area contributed by atoms with Gasteiger partial charge in [0.25, 0.3) is 0 Å². The number of rotatable bonds is 2. The second-order valence-electron chi connectivity index (χ2n) is 3.97. The van der Waals surface area contributed by atoms with Crippen LogP contribution in [0.25, 0.3) is 0 Å². The summed E-state index contributed by atoms with van der Waals surface area (Å²) in [6, 6.07) is 8.27. The molecule has 2 rings (SSSR count). The van der Waals surface area contributed by atoms with E-state index in [-0.39, 0.29) is 10.7 Å². The number of benzene rings is 2. The smallest absolute Gasteiger partial charge is 0.255 e. The monoisotopic (exact) mass is 301 g/mol. The minimum atomic E-state index is -4.45. The van der Waals surface area contributed by atoms with Crippen molar-refractivity contribution in [2.45, 2.75) is 6.18 Å². The molecular formula is C14H8ClF4N. The second-order valence-corrected chi connectivity index (χ2v) is 4.38. The summed E-state index contributed by atoms with van der Waals surface area (Å²) in [6.07, 6.45) is -3.13. The van der Waals surface area contributed by atoms with Crippen molar-refractivity contribution < 1.29 is 17.6 Å². The molecule has 0 fully saturated rings. The fourth-order valence-electron chi connectivity index (χ4n) is 1.48. The van der Waals surface area contributed by atoms with E-state index >= 15 is 0 Å². The van der Waals surface area contributed by atoms with Crippen molar-refractivity contribution in [3.63, 3.8) is 0 Å². The Morgan fingerprint density at radius 2 is 1.65 bits per heavy atom. The summed E-state index contributed by atoms with van der Waals surface area (Å²) < 4.78 is 50.4. The summed E-state index contributed by atoms with van der Waals surface area (Å²) in [5.41, 5.74) is -0.265. The molecule has 104 valence electrons. The van der Waals surface area contributed by atoms with Crippen molar-refractivity contribution in [3.8, 4) is 0 Å². The number of hydrogen-bond donors (Lipinski definition) is 0. The van der Waals surface area contributed by atoms with Gasteiger partial charge >= 0.3 is 6.18 Å². The summed E-state index contributed by atoms with van der Waals surface area (Å²) in [6.45, 7) is 0. The zero-order valence-corrected chi connectivity index (χ0v) is 10.7. The lowest BCUT2D eigenvalue weighted by molar-refractivity contribution is -0.137. The van der Waals surface area contributed by atoms with Gasteiger partial charge < -0.3 is 0 Å². The summed E-state index contributed by atoms with van der Waals surface area (Å²) >= 11 is 5.80. The van der Waals surface area contributed by atoms with Crippen LogP contribution in [0.4, 0.5) is 23.2 Å². The number of alkyl halides is 3. The molecule has 0 aliphatic carbocycles. The third-order valence-electron chi connectivity index (χ3n) is 2.50. The Kier molecular flexibility index (Phi) is 4.09. The third-order valence-corrected chi connectivity index (χ3v) is 2.82. The van der Waals surface area contributed by atoms with Crippen LogP contribution in [0.1, 0.15) is 11.1 Å². The Morgan fingerprint density at radius 1 is 1.00 bits per heavy atom. The standard InChI is InChI=1S/C14H8ClF4N/c15-12-6-3-10(14(17,18)19)7-13(12)20-8-9-1-4-11(16)5-2-9/h1-8H. The highest BCUT2D eigenvalue weighted by molar-refractivity contribution is 6.33. The van der Waals surface area contributed by atoms with Crippen LogP contribution in [0.5, 0.6) is 0 Å². The SMILES string of the molecule is Fc1ccc(C=Nc2cc(C(F)(F)F)ccc2Cl)cc1. The molecule has 0 aromatic heterocycles. The molecule has 0 spiro atoms. The van der Waals surface area contributed by atoms with Gasteiger partial charge in [-0.25, -0.2) is 4.39 Å². The molecule has 0 heterocycles. The van der Waals surface area contributed by atoms with Gasteiger partial charge in [-0.15, -0.1) is 0 Å². The molecule has 0 N–H and O–H groups in total. The molecule has 0 unspecified atom stereocenters. The quantitative estimate of drug-likeness (QED) is 0.531. The molecule has 6 heteroatoms. The molecule has 0 aliphatic rings. The Labute approximate surface area is 117 Å². The predicted molar refractivity (Wildman–Crippen MR) is 70.1 cm³/mol. The van der Waals surface area contributed by atoms with Crippen molar-refractivity contribution in [1.82, 2.24) is 0 Å². The van der Waals surface area contributed by atoms with Crippen molar-refractivity contribution in [2.24, 2.45) is 4.99 Å². The van der Waals surface area contributed by atoms with Crippen LogP contribution < -0.4 is 0 Å². The van der Waals surface area contributed by atoms with Crippen molar-refractivity contribution in [1.29, 1.82) is 0 Å². The Morgan fingerprint density at radius 3 is 2.25 bits per heavy atom. The lowest BCUT2D eigenvalue weighted by atomic mass is 10.2. The Bertz CT molecular complexity index is 633. The van der Waals surface area contributed by atoms with E-state index in [4.69, 9.17) is 11.6 Å². The van der Waals surface area contributed by atoms with Gasteiger partial charge in [0.05, 0.1) is 16.3 Å². The number of aliphatic imine (C=N–C) groups is 1. The van der Waals surface area contributed by atoms with E-state index < -0.39 is 17.6 Å². The molecule has 2 aromatic rings. The Hall–Kier alpha value is -1.88. The molecule has 0 bridgehead atoms. The van der Waals surface area contributed by atoms with E-state index in [1.54, 1.807) is 0 Å². The number of nitrogens with zero attached hydrogens (tertiary/aromatic N) is 1. The van der Waals surface area contributed by atoms with Crippen molar-refractivity contribution in [2.75, 3.05) is 0 Å². The average Bonchev–Trinajstić information content (AvgIpc) is 2.38. The molecule has 2 aromatic carbocycles. The average molecular weight is 302 g/mol. The number of hydrogen-bond acceptors (Lipinski definition) is 1. The van der Waals surface area contributed by atoms with E-state index in [1.165, 1.54) is 30.5 Å². The normalized spacial score (nSPS) is 12.1. The topological polar surface area (TPSA) is 12.4 Å². The van der Waals surface area contributed by atoms with Gasteiger partial charge in [0, 0.05) is 6.21 Å². The lowest BCUT2D eigenvalue weighted by Crippen LogP contribution is -2.04. The van der Waals surface area contributed by atoms with Gasteiger partial charge in [-0.05, 0) is 35.9 Å². The minimum absolute atomic E-state index is 0.00539. The first-order valence-electron chi connectivity index (χ1n) is 5.52. The maximum atomic E-state index is 12.7. The molecule has 0 aliphatic heterocycles. The largest absolute Gasteiger partial charge is 0.416 e. The zero-order valence-electron chi connectivity index (χ0n) is 9.96. The van der Waals surface area contributed by atoms with Crippen LogP contribution in [-0.4, -0.2) is 6.21 Å². The van der Waals surface area contributed by atoms with Gasteiger partial charge in [-0.1, -0.05) is 23.7 Å². The van der Waals surface area contributed by atoms with Crippen LogP contribution in [0.3, 0.4) is 0 Å². The van der Waals surface area contributed by atoms with Crippen molar-refractivity contribution >= 4 is 23.5 Å². The van der Waals surface area contributed by atoms with E-state index in [0.29, 0.717) is 5.56 Å². The first-order chi connectivity index (χ1) is 9.36. The molecule has 0 amide bonds. The highest BCUT2D eigenvalue weighted by atomic mass is 35.5. The van der Waals surface area contributed by atoms with Crippen LogP contribution >= 0.6 is 11.6 Å². The van der Waals surface area contributed by atoms with E-state index in [9.17, 15) is 17.6 Å². The van der Waals surface area contributed by atoms with E-state index in [2.05, 4.69) is 4.99 Å². The Balaban J connectivity index is 2.31. The third kappa shape index (κ3) is 3.57. The van der Waals surface area contributed by atoms with E-state index in [0.717, 1.165) is 18.2 Å². The summed E-state index contributed by atoms with van der Waals surface area (Å²) in [7, 11) is 0. The first-order valence-corrected chi connectivity index (χ1v) is 5.90. The first kappa shape index (κ1) is 14.5. The van der Waals surface area contributed by atoms with Gasteiger partial charge in [-0.3, -0.25) is 4.99 Å². The molecule has 0 saturated heterocycles. The summed E-state index contributed by atoms with van der Waals surface area (Å²) in [5, 5.41) is 0.108. The summed E-state index contributed by atoms with van der Waals surface area (Å²) in [4.78, 5) is 3.90. The molecular weight excluding hydrogens is 294 g/mol. The number of halogens is 5.